The molecule has 0 amide bonds. The molecule has 2 nitrogen and oxygen atoms in total. The molecule has 1 atom stereocenters. The van der Waals surface area contributed by atoms with Crippen molar-refractivity contribution in [2.45, 2.75) is 50.4 Å². The highest BCUT2D eigenvalue weighted by Gasteiger charge is 2.46. The SMILES string of the molecule is COC(=O)C1(C)c2ccccc2-c2ccc(C3CCCCC3)cc21. The van der Waals surface area contributed by atoms with Crippen molar-refractivity contribution < 1.29 is 9.53 Å². The summed E-state index contributed by atoms with van der Waals surface area (Å²) >= 11 is 0. The van der Waals surface area contributed by atoms with Crippen LogP contribution in [0.3, 0.4) is 0 Å². The van der Waals surface area contributed by atoms with E-state index in [-0.39, 0.29) is 5.97 Å². The fourth-order valence-corrected chi connectivity index (χ4v) is 4.62. The quantitative estimate of drug-likeness (QED) is 0.711. The van der Waals surface area contributed by atoms with Crippen molar-refractivity contribution >= 4 is 5.97 Å². The number of carbonyl (C=O) groups excluding carboxylic acids is 1. The van der Waals surface area contributed by atoms with E-state index in [0.717, 1.165) is 16.7 Å². The third kappa shape index (κ3) is 2.12. The third-order valence-corrected chi connectivity index (χ3v) is 6.01. The number of hydrogen-bond donors (Lipinski definition) is 0. The van der Waals surface area contributed by atoms with Crippen molar-refractivity contribution in [2.24, 2.45) is 0 Å². The Balaban J connectivity index is 1.87. The molecule has 2 heteroatoms. The van der Waals surface area contributed by atoms with Crippen LogP contribution in [0.25, 0.3) is 11.1 Å². The van der Waals surface area contributed by atoms with Gasteiger partial charge < -0.3 is 4.74 Å². The highest BCUT2D eigenvalue weighted by molar-refractivity contribution is 5.97. The third-order valence-electron chi connectivity index (χ3n) is 6.01. The van der Waals surface area contributed by atoms with Crippen LogP contribution in [-0.4, -0.2) is 13.1 Å². The van der Waals surface area contributed by atoms with Gasteiger partial charge in [-0.25, -0.2) is 0 Å². The number of esters is 1. The molecule has 0 radical (unpaired) electrons. The van der Waals surface area contributed by atoms with Crippen molar-refractivity contribution in [1.29, 1.82) is 0 Å². The fraction of sp³-hybridized carbons (Fsp3) is 0.409. The molecule has 2 aromatic carbocycles. The summed E-state index contributed by atoms with van der Waals surface area (Å²) in [6.07, 6.45) is 6.51. The van der Waals surface area contributed by atoms with E-state index in [1.165, 1.54) is 50.3 Å². The van der Waals surface area contributed by atoms with Gasteiger partial charge in [0.1, 0.15) is 5.41 Å². The Morgan fingerprint density at radius 2 is 1.71 bits per heavy atom. The zero-order valence-corrected chi connectivity index (χ0v) is 14.5. The topological polar surface area (TPSA) is 26.3 Å². The van der Waals surface area contributed by atoms with Crippen LogP contribution in [0.1, 0.15) is 61.6 Å². The van der Waals surface area contributed by atoms with E-state index in [9.17, 15) is 4.79 Å². The second kappa shape index (κ2) is 5.77. The van der Waals surface area contributed by atoms with Crippen molar-refractivity contribution in [3.8, 4) is 11.1 Å². The molecule has 2 aromatic rings. The fourth-order valence-electron chi connectivity index (χ4n) is 4.62. The van der Waals surface area contributed by atoms with E-state index < -0.39 is 5.41 Å². The van der Waals surface area contributed by atoms with E-state index in [4.69, 9.17) is 4.74 Å². The monoisotopic (exact) mass is 320 g/mol. The van der Waals surface area contributed by atoms with E-state index >= 15 is 0 Å². The molecule has 0 aromatic heterocycles. The summed E-state index contributed by atoms with van der Waals surface area (Å²) in [7, 11) is 1.49. The molecular weight excluding hydrogens is 296 g/mol. The predicted molar refractivity (Wildman–Crippen MR) is 96.2 cm³/mol. The van der Waals surface area contributed by atoms with Crippen LogP contribution < -0.4 is 0 Å². The van der Waals surface area contributed by atoms with Gasteiger partial charge in [0.05, 0.1) is 7.11 Å². The molecule has 0 saturated heterocycles. The first kappa shape index (κ1) is 15.4. The molecule has 0 aliphatic heterocycles. The second-order valence-electron chi connectivity index (χ2n) is 7.30. The maximum Gasteiger partial charge on any atom is 0.320 e. The van der Waals surface area contributed by atoms with Gasteiger partial charge in [0.2, 0.25) is 0 Å². The molecule has 0 N–H and O–H groups in total. The Hall–Kier alpha value is -2.09. The molecule has 0 bridgehead atoms. The summed E-state index contributed by atoms with van der Waals surface area (Å²) < 4.78 is 5.20. The maximum atomic E-state index is 12.7. The second-order valence-corrected chi connectivity index (χ2v) is 7.30. The molecule has 0 spiro atoms. The summed E-state index contributed by atoms with van der Waals surface area (Å²) in [5.41, 5.74) is 5.20. The largest absolute Gasteiger partial charge is 0.468 e. The first-order chi connectivity index (χ1) is 11.7. The maximum absolute atomic E-state index is 12.7. The van der Waals surface area contributed by atoms with E-state index in [1.807, 2.05) is 19.1 Å². The summed E-state index contributed by atoms with van der Waals surface area (Å²) in [5.74, 6) is 0.462. The molecular formula is C22H24O2. The molecule has 124 valence electrons. The van der Waals surface area contributed by atoms with Gasteiger partial charge in [0.25, 0.3) is 0 Å². The number of carbonyl (C=O) groups is 1. The number of hydrogen-bond acceptors (Lipinski definition) is 2. The van der Waals surface area contributed by atoms with Gasteiger partial charge in [-0.3, -0.25) is 4.79 Å². The normalized spacial score (nSPS) is 22.8. The molecule has 0 heterocycles. The van der Waals surface area contributed by atoms with Gasteiger partial charge in [-0.15, -0.1) is 0 Å². The number of fused-ring (bicyclic) bond motifs is 3. The number of methoxy groups -OCH3 is 1. The Labute approximate surface area is 143 Å². The number of rotatable bonds is 2. The zero-order chi connectivity index (χ0) is 16.7. The lowest BCUT2D eigenvalue weighted by molar-refractivity contribution is -0.145. The van der Waals surface area contributed by atoms with Crippen LogP contribution >= 0.6 is 0 Å². The minimum Gasteiger partial charge on any atom is -0.468 e. The van der Waals surface area contributed by atoms with Crippen LogP contribution in [0, 0.1) is 0 Å². The van der Waals surface area contributed by atoms with Crippen molar-refractivity contribution in [1.82, 2.24) is 0 Å². The molecule has 1 unspecified atom stereocenters. The van der Waals surface area contributed by atoms with Crippen LogP contribution in [-0.2, 0) is 14.9 Å². The molecule has 24 heavy (non-hydrogen) atoms. The number of benzene rings is 2. The van der Waals surface area contributed by atoms with Gasteiger partial charge >= 0.3 is 5.97 Å². The van der Waals surface area contributed by atoms with E-state index in [0.29, 0.717) is 5.92 Å². The Morgan fingerprint density at radius 1 is 1.00 bits per heavy atom. The highest BCUT2D eigenvalue weighted by atomic mass is 16.5. The van der Waals surface area contributed by atoms with Gasteiger partial charge in [0, 0.05) is 0 Å². The minimum absolute atomic E-state index is 0.172. The lowest BCUT2D eigenvalue weighted by Crippen LogP contribution is -2.33. The van der Waals surface area contributed by atoms with E-state index in [2.05, 4.69) is 30.3 Å². The molecule has 1 saturated carbocycles. The van der Waals surface area contributed by atoms with Crippen molar-refractivity contribution in [2.75, 3.05) is 7.11 Å². The van der Waals surface area contributed by atoms with Gasteiger partial charge in [-0.1, -0.05) is 61.7 Å². The zero-order valence-electron chi connectivity index (χ0n) is 14.5. The first-order valence-corrected chi connectivity index (χ1v) is 8.99. The summed E-state index contributed by atoms with van der Waals surface area (Å²) in [6.45, 7) is 2.01. The predicted octanol–water partition coefficient (Wildman–Crippen LogP) is 5.19. The van der Waals surface area contributed by atoms with Crippen molar-refractivity contribution in [3.05, 3.63) is 59.2 Å². The highest BCUT2D eigenvalue weighted by Crippen LogP contribution is 2.50. The first-order valence-electron chi connectivity index (χ1n) is 8.99. The van der Waals surface area contributed by atoms with E-state index in [1.54, 1.807) is 0 Å². The van der Waals surface area contributed by atoms with Crippen molar-refractivity contribution in [3.63, 3.8) is 0 Å². The van der Waals surface area contributed by atoms with Crippen LogP contribution in [0.4, 0.5) is 0 Å². The average molecular weight is 320 g/mol. The van der Waals surface area contributed by atoms with Crippen LogP contribution in [0.5, 0.6) is 0 Å². The summed E-state index contributed by atoms with van der Waals surface area (Å²) in [6, 6.07) is 15.0. The molecule has 2 aliphatic rings. The van der Waals surface area contributed by atoms with Gasteiger partial charge in [0.15, 0.2) is 0 Å². The van der Waals surface area contributed by atoms with Gasteiger partial charge in [-0.2, -0.15) is 0 Å². The Kier molecular flexibility index (Phi) is 3.71. The minimum atomic E-state index is -0.703. The molecule has 1 fully saturated rings. The number of ether oxygens (including phenoxy) is 1. The Morgan fingerprint density at radius 3 is 2.46 bits per heavy atom. The van der Waals surface area contributed by atoms with Gasteiger partial charge in [-0.05, 0) is 53.5 Å². The molecule has 4 rings (SSSR count). The Bertz CT molecular complexity index is 786. The average Bonchev–Trinajstić information content (AvgIpc) is 2.92. The lowest BCUT2D eigenvalue weighted by atomic mass is 9.77. The molecule has 2 aliphatic carbocycles. The van der Waals surface area contributed by atoms with Crippen LogP contribution in [0.15, 0.2) is 42.5 Å². The summed E-state index contributed by atoms with van der Waals surface area (Å²) in [5, 5.41) is 0. The lowest BCUT2D eigenvalue weighted by Gasteiger charge is -2.26. The smallest absolute Gasteiger partial charge is 0.320 e. The summed E-state index contributed by atoms with van der Waals surface area (Å²) in [4.78, 5) is 12.7. The standard InChI is InChI=1S/C22H24O2/c1-22(21(23)24-2)19-11-7-6-10-17(19)18-13-12-16(14-20(18)22)15-8-4-3-5-9-15/h6-7,10-15H,3-5,8-9H2,1-2H3. The van der Waals surface area contributed by atoms with Crippen LogP contribution in [0.2, 0.25) is 0 Å².